The number of aliphatic hydroxyl groups excluding tert-OH is 1. The van der Waals surface area contributed by atoms with Crippen molar-refractivity contribution in [2.45, 2.75) is 6.54 Å². The van der Waals surface area contributed by atoms with Gasteiger partial charge < -0.3 is 21.1 Å². The van der Waals surface area contributed by atoms with Gasteiger partial charge in [0.15, 0.2) is 11.5 Å². The molecule has 0 saturated heterocycles. The maximum absolute atomic E-state index is 8.53. The number of imidazole rings is 1. The molecule has 7 nitrogen and oxygen atoms in total. The van der Waals surface area contributed by atoms with Gasteiger partial charge in [0.25, 0.3) is 0 Å². The molecule has 0 aliphatic heterocycles. The van der Waals surface area contributed by atoms with Crippen molar-refractivity contribution < 1.29 is 5.11 Å². The van der Waals surface area contributed by atoms with Crippen LogP contribution in [-0.2, 0) is 6.54 Å². The first-order valence-corrected chi connectivity index (χ1v) is 4.52. The van der Waals surface area contributed by atoms with E-state index in [1.54, 1.807) is 10.9 Å². The first-order chi connectivity index (χ1) is 7.72. The van der Waals surface area contributed by atoms with Gasteiger partial charge in [-0.25, -0.2) is 4.98 Å². The third kappa shape index (κ3) is 1.74. The van der Waals surface area contributed by atoms with Crippen molar-refractivity contribution >= 4 is 22.9 Å². The molecular weight excluding hydrogens is 208 g/mol. The van der Waals surface area contributed by atoms with Crippen LogP contribution in [0.3, 0.4) is 0 Å². The topological polar surface area (TPSA) is 116 Å². The fourth-order valence-corrected chi connectivity index (χ4v) is 1.30. The second-order valence-electron chi connectivity index (χ2n) is 3.02. The maximum atomic E-state index is 8.53. The van der Waals surface area contributed by atoms with Crippen molar-refractivity contribution in [1.29, 1.82) is 0 Å². The lowest BCUT2D eigenvalue weighted by atomic mass is 10.5. The molecule has 2 rings (SSSR count). The zero-order valence-electron chi connectivity index (χ0n) is 8.38. The highest BCUT2D eigenvalue weighted by atomic mass is 16.2. The fourth-order valence-electron chi connectivity index (χ4n) is 1.30. The summed E-state index contributed by atoms with van der Waals surface area (Å²) < 4.78 is 1.69. The van der Waals surface area contributed by atoms with Crippen LogP contribution in [0, 0.1) is 11.8 Å². The molecular formula is C9H10N6O. The quantitative estimate of drug-likeness (QED) is 0.528. The number of hydrogen-bond acceptors (Lipinski definition) is 6. The van der Waals surface area contributed by atoms with Crippen LogP contribution in [0.1, 0.15) is 0 Å². The van der Waals surface area contributed by atoms with Crippen LogP contribution in [0.5, 0.6) is 0 Å². The minimum absolute atomic E-state index is 0.0990. The highest BCUT2D eigenvalue weighted by molar-refractivity contribution is 5.82. The molecule has 5 N–H and O–H groups in total. The van der Waals surface area contributed by atoms with Gasteiger partial charge >= 0.3 is 0 Å². The van der Waals surface area contributed by atoms with Crippen LogP contribution in [0.4, 0.5) is 11.8 Å². The summed E-state index contributed by atoms with van der Waals surface area (Å²) in [5, 5.41) is 8.53. The Labute approximate surface area is 91.1 Å². The zero-order chi connectivity index (χ0) is 11.5. The Morgan fingerprint density at radius 2 is 2.12 bits per heavy atom. The first kappa shape index (κ1) is 10.2. The molecule has 0 radical (unpaired) electrons. The van der Waals surface area contributed by atoms with E-state index >= 15 is 0 Å². The van der Waals surface area contributed by atoms with Gasteiger partial charge in [0.1, 0.15) is 12.1 Å². The zero-order valence-corrected chi connectivity index (χ0v) is 8.38. The molecule has 0 aliphatic carbocycles. The monoisotopic (exact) mass is 218 g/mol. The number of nitrogen functional groups attached to an aromatic ring is 2. The number of rotatable bonds is 1. The number of nitrogens with two attached hydrogens (primary N) is 2. The molecule has 0 spiro atoms. The second-order valence-corrected chi connectivity index (χ2v) is 3.02. The van der Waals surface area contributed by atoms with E-state index in [9.17, 15) is 0 Å². The molecule has 2 aromatic heterocycles. The molecule has 0 atom stereocenters. The molecule has 0 aromatic carbocycles. The minimum Gasteiger partial charge on any atom is -0.384 e. The highest BCUT2D eigenvalue weighted by Crippen LogP contribution is 2.16. The maximum Gasteiger partial charge on any atom is 0.224 e. The number of aromatic nitrogens is 4. The van der Waals surface area contributed by atoms with Gasteiger partial charge in [0.05, 0.1) is 12.9 Å². The van der Waals surface area contributed by atoms with E-state index in [4.69, 9.17) is 16.6 Å². The molecule has 2 aromatic rings. The number of fused-ring (bicyclic) bond motifs is 1. The standard InChI is InChI=1S/C9H10N6O/c10-7-6-8(14-9(11)13-7)15(5-12-6)3-1-2-4-16/h5,16H,3-4H2,(H4,10,11,13,14). The van der Waals surface area contributed by atoms with Crippen molar-refractivity contribution in [1.82, 2.24) is 19.5 Å². The van der Waals surface area contributed by atoms with Crippen molar-refractivity contribution in [2.75, 3.05) is 18.1 Å². The van der Waals surface area contributed by atoms with Crippen LogP contribution < -0.4 is 11.5 Å². The summed E-state index contributed by atoms with van der Waals surface area (Å²) in [4.78, 5) is 11.9. The minimum atomic E-state index is -0.175. The van der Waals surface area contributed by atoms with Gasteiger partial charge in [0.2, 0.25) is 5.95 Å². The smallest absolute Gasteiger partial charge is 0.224 e. The molecule has 0 aliphatic rings. The van der Waals surface area contributed by atoms with Crippen LogP contribution in [0.25, 0.3) is 11.2 Å². The molecule has 2 heterocycles. The number of hydrogen-bond donors (Lipinski definition) is 3. The van der Waals surface area contributed by atoms with E-state index in [0.29, 0.717) is 17.7 Å². The summed E-state index contributed by atoms with van der Waals surface area (Å²) in [7, 11) is 0. The van der Waals surface area contributed by atoms with Crippen molar-refractivity contribution in [2.24, 2.45) is 0 Å². The van der Waals surface area contributed by atoms with Crippen LogP contribution in [-0.4, -0.2) is 31.2 Å². The molecule has 7 heteroatoms. The summed E-state index contributed by atoms with van der Waals surface area (Å²) in [6.07, 6.45) is 1.56. The Morgan fingerprint density at radius 1 is 1.31 bits per heavy atom. The van der Waals surface area contributed by atoms with E-state index in [0.717, 1.165) is 0 Å². The van der Waals surface area contributed by atoms with Crippen molar-refractivity contribution in [3.05, 3.63) is 6.33 Å². The lowest BCUT2D eigenvalue weighted by Crippen LogP contribution is -2.03. The Bertz CT molecular complexity index is 579. The molecule has 0 amide bonds. The predicted molar refractivity (Wildman–Crippen MR) is 59.0 cm³/mol. The van der Waals surface area contributed by atoms with Crippen molar-refractivity contribution in [3.8, 4) is 11.8 Å². The number of aliphatic hydroxyl groups is 1. The molecule has 0 bridgehead atoms. The van der Waals surface area contributed by atoms with E-state index in [1.165, 1.54) is 0 Å². The second kappa shape index (κ2) is 4.04. The van der Waals surface area contributed by atoms with E-state index in [1.807, 2.05) is 0 Å². The number of nitrogens with zero attached hydrogens (tertiary/aromatic N) is 4. The Balaban J connectivity index is 2.47. The van der Waals surface area contributed by atoms with Gasteiger partial charge in [0, 0.05) is 0 Å². The summed E-state index contributed by atoms with van der Waals surface area (Å²) in [6.45, 7) is 0.193. The van der Waals surface area contributed by atoms with Crippen LogP contribution in [0.2, 0.25) is 0 Å². The summed E-state index contributed by atoms with van der Waals surface area (Å²) >= 11 is 0. The van der Waals surface area contributed by atoms with Gasteiger partial charge in [-0.05, 0) is 0 Å². The largest absolute Gasteiger partial charge is 0.384 e. The Hall–Kier alpha value is -2.33. The lowest BCUT2D eigenvalue weighted by molar-refractivity contribution is 0.350. The van der Waals surface area contributed by atoms with Gasteiger partial charge in [-0.1, -0.05) is 11.8 Å². The molecule has 16 heavy (non-hydrogen) atoms. The SMILES string of the molecule is Nc1nc(N)c2ncn(CC#CCO)c2n1. The fraction of sp³-hybridized carbons (Fsp3) is 0.222. The summed E-state index contributed by atoms with van der Waals surface area (Å²) in [6, 6.07) is 0. The summed E-state index contributed by atoms with van der Waals surface area (Å²) in [5.74, 6) is 5.63. The third-order valence-electron chi connectivity index (χ3n) is 1.96. The number of anilines is 2. The van der Waals surface area contributed by atoms with Gasteiger partial charge in [-0.15, -0.1) is 0 Å². The highest BCUT2D eigenvalue weighted by Gasteiger charge is 2.08. The Kier molecular flexibility index (Phi) is 2.57. The van der Waals surface area contributed by atoms with Crippen molar-refractivity contribution in [3.63, 3.8) is 0 Å². The Morgan fingerprint density at radius 3 is 2.88 bits per heavy atom. The van der Waals surface area contributed by atoms with Crippen LogP contribution >= 0.6 is 0 Å². The van der Waals surface area contributed by atoms with Crippen LogP contribution in [0.15, 0.2) is 6.33 Å². The third-order valence-corrected chi connectivity index (χ3v) is 1.96. The first-order valence-electron chi connectivity index (χ1n) is 4.52. The summed E-state index contributed by atoms with van der Waals surface area (Å²) in [5.41, 5.74) is 12.2. The molecule has 0 fully saturated rings. The average Bonchev–Trinajstić information content (AvgIpc) is 2.62. The van der Waals surface area contributed by atoms with Gasteiger partial charge in [-0.2, -0.15) is 9.97 Å². The normalized spacial score (nSPS) is 10.1. The lowest BCUT2D eigenvalue weighted by Gasteiger charge is -1.99. The predicted octanol–water partition coefficient (Wildman–Crippen LogP) is -1.01. The van der Waals surface area contributed by atoms with Gasteiger partial charge in [-0.3, -0.25) is 0 Å². The van der Waals surface area contributed by atoms with E-state index < -0.39 is 0 Å². The average molecular weight is 218 g/mol. The van der Waals surface area contributed by atoms with E-state index in [2.05, 4.69) is 26.8 Å². The molecule has 0 saturated carbocycles. The molecule has 82 valence electrons. The molecule has 0 unspecified atom stereocenters. The van der Waals surface area contributed by atoms with E-state index in [-0.39, 0.29) is 18.4 Å².